The van der Waals surface area contributed by atoms with Gasteiger partial charge in [-0.05, 0) is 10.9 Å². The third-order valence-electron chi connectivity index (χ3n) is 2.34. The summed E-state index contributed by atoms with van der Waals surface area (Å²) in [6.45, 7) is 5.15. The van der Waals surface area contributed by atoms with Crippen LogP contribution in [0.2, 0.25) is 0 Å². The summed E-state index contributed by atoms with van der Waals surface area (Å²) in [5.74, 6) is 0. The molecule has 0 fully saturated rings. The molecule has 70 valence electrons. The van der Waals surface area contributed by atoms with Crippen LogP contribution >= 0.6 is 11.3 Å². The van der Waals surface area contributed by atoms with E-state index in [1.165, 1.54) is 16.0 Å². The van der Waals surface area contributed by atoms with E-state index in [9.17, 15) is 0 Å². The van der Waals surface area contributed by atoms with Gasteiger partial charge in [-0.2, -0.15) is 0 Å². The first-order chi connectivity index (χ1) is 6.36. The lowest BCUT2D eigenvalue weighted by molar-refractivity contribution is 0.0497. The van der Waals surface area contributed by atoms with Crippen molar-refractivity contribution >= 4 is 17.4 Å². The van der Waals surface area contributed by atoms with Crippen molar-refractivity contribution in [2.24, 2.45) is 5.73 Å². The molecule has 2 nitrogen and oxygen atoms in total. The maximum atomic E-state index is 5.65. The summed E-state index contributed by atoms with van der Waals surface area (Å²) in [4.78, 5) is 1.41. The summed E-state index contributed by atoms with van der Waals surface area (Å²) in [6.07, 6.45) is 2.99. The van der Waals surface area contributed by atoms with Crippen molar-refractivity contribution in [3.05, 3.63) is 28.0 Å². The van der Waals surface area contributed by atoms with Crippen LogP contribution < -0.4 is 5.73 Å². The smallest absolute Gasteiger partial charge is 0.0963 e. The highest BCUT2D eigenvalue weighted by Gasteiger charge is 2.23. The van der Waals surface area contributed by atoms with Crippen LogP contribution in [-0.4, -0.2) is 13.2 Å². The van der Waals surface area contributed by atoms with E-state index in [-0.39, 0.29) is 6.10 Å². The predicted molar refractivity (Wildman–Crippen MR) is 55.9 cm³/mol. The van der Waals surface area contributed by atoms with Crippen molar-refractivity contribution in [2.45, 2.75) is 12.5 Å². The summed E-state index contributed by atoms with van der Waals surface area (Å²) < 4.78 is 5.59. The Bertz CT molecular complexity index is 319. The average molecular weight is 195 g/mol. The van der Waals surface area contributed by atoms with Gasteiger partial charge in [0.1, 0.15) is 0 Å². The molecule has 2 N–H and O–H groups in total. The van der Waals surface area contributed by atoms with Crippen molar-refractivity contribution in [3.8, 4) is 0 Å². The molecule has 0 radical (unpaired) electrons. The zero-order valence-corrected chi connectivity index (χ0v) is 8.27. The van der Waals surface area contributed by atoms with Gasteiger partial charge >= 0.3 is 0 Å². The Labute approximate surface area is 82.0 Å². The van der Waals surface area contributed by atoms with Crippen molar-refractivity contribution in [1.29, 1.82) is 0 Å². The van der Waals surface area contributed by atoms with Gasteiger partial charge in [-0.3, -0.25) is 0 Å². The first-order valence-electron chi connectivity index (χ1n) is 4.41. The maximum Gasteiger partial charge on any atom is 0.0963 e. The van der Waals surface area contributed by atoms with E-state index < -0.39 is 0 Å². The van der Waals surface area contributed by atoms with Crippen LogP contribution in [0.15, 0.2) is 12.0 Å². The highest BCUT2D eigenvalue weighted by molar-refractivity contribution is 7.10. The molecule has 1 atom stereocenters. The Morgan fingerprint density at radius 2 is 2.62 bits per heavy atom. The molecule has 0 aliphatic carbocycles. The van der Waals surface area contributed by atoms with E-state index in [0.29, 0.717) is 6.54 Å². The van der Waals surface area contributed by atoms with Crippen LogP contribution in [0.3, 0.4) is 0 Å². The van der Waals surface area contributed by atoms with Crippen LogP contribution in [0.4, 0.5) is 0 Å². The summed E-state index contributed by atoms with van der Waals surface area (Å²) >= 11 is 1.79. The molecule has 1 aliphatic heterocycles. The number of thiophene rings is 1. The molecule has 1 unspecified atom stereocenters. The molecular formula is C10H13NOS. The maximum absolute atomic E-state index is 5.65. The normalized spacial score (nSPS) is 21.2. The molecule has 0 bridgehead atoms. The van der Waals surface area contributed by atoms with E-state index in [1.54, 1.807) is 11.3 Å². The van der Waals surface area contributed by atoms with Gasteiger partial charge < -0.3 is 10.5 Å². The molecular weight excluding hydrogens is 182 g/mol. The topological polar surface area (TPSA) is 35.2 Å². The first kappa shape index (κ1) is 8.94. The molecule has 2 rings (SSSR count). The fourth-order valence-electron chi connectivity index (χ4n) is 1.70. The number of rotatable bonds is 2. The zero-order valence-electron chi connectivity index (χ0n) is 7.45. The van der Waals surface area contributed by atoms with E-state index in [1.807, 2.05) is 6.08 Å². The summed E-state index contributed by atoms with van der Waals surface area (Å²) in [5, 5.41) is 2.13. The first-order valence-corrected chi connectivity index (χ1v) is 5.29. The van der Waals surface area contributed by atoms with Gasteiger partial charge in [0.15, 0.2) is 0 Å². The minimum absolute atomic E-state index is 0.0861. The van der Waals surface area contributed by atoms with Crippen LogP contribution in [0.1, 0.15) is 22.1 Å². The van der Waals surface area contributed by atoms with Crippen LogP contribution in [0, 0.1) is 0 Å². The number of nitrogens with two attached hydrogens (primary N) is 1. The van der Waals surface area contributed by atoms with Crippen LogP contribution in [0.5, 0.6) is 0 Å². The minimum atomic E-state index is 0.0861. The van der Waals surface area contributed by atoms with Gasteiger partial charge in [0.2, 0.25) is 0 Å². The minimum Gasteiger partial charge on any atom is -0.372 e. The molecule has 3 heteroatoms. The second-order valence-electron chi connectivity index (χ2n) is 3.08. The van der Waals surface area contributed by atoms with E-state index >= 15 is 0 Å². The Morgan fingerprint density at radius 1 is 1.77 bits per heavy atom. The Morgan fingerprint density at radius 3 is 3.31 bits per heavy atom. The third kappa shape index (κ3) is 1.43. The van der Waals surface area contributed by atoms with Crippen LogP contribution in [0.25, 0.3) is 6.08 Å². The molecule has 0 aromatic carbocycles. The lowest BCUT2D eigenvalue weighted by Crippen LogP contribution is -2.22. The fourth-order valence-corrected chi connectivity index (χ4v) is 2.77. The molecule has 13 heavy (non-hydrogen) atoms. The molecule has 2 heterocycles. The molecule has 1 aromatic rings. The van der Waals surface area contributed by atoms with Crippen molar-refractivity contribution < 1.29 is 4.74 Å². The largest absolute Gasteiger partial charge is 0.372 e. The van der Waals surface area contributed by atoms with Crippen LogP contribution in [-0.2, 0) is 11.2 Å². The van der Waals surface area contributed by atoms with Crippen molar-refractivity contribution in [3.63, 3.8) is 0 Å². The monoisotopic (exact) mass is 195 g/mol. The van der Waals surface area contributed by atoms with E-state index in [0.717, 1.165) is 13.0 Å². The third-order valence-corrected chi connectivity index (χ3v) is 3.42. The number of fused-ring (bicyclic) bond motifs is 1. The lowest BCUT2D eigenvalue weighted by Gasteiger charge is -2.22. The molecule has 0 spiro atoms. The second kappa shape index (κ2) is 3.62. The Kier molecular flexibility index (Phi) is 2.49. The summed E-state index contributed by atoms with van der Waals surface area (Å²) in [7, 11) is 0. The number of hydrogen-bond acceptors (Lipinski definition) is 3. The van der Waals surface area contributed by atoms with E-state index in [2.05, 4.69) is 12.0 Å². The predicted octanol–water partition coefficient (Wildman–Crippen LogP) is 1.96. The number of hydrogen-bond donors (Lipinski definition) is 1. The van der Waals surface area contributed by atoms with Gasteiger partial charge in [-0.15, -0.1) is 11.3 Å². The van der Waals surface area contributed by atoms with Gasteiger partial charge in [0.25, 0.3) is 0 Å². The highest BCUT2D eigenvalue weighted by Crippen LogP contribution is 2.34. The van der Waals surface area contributed by atoms with Gasteiger partial charge in [-0.1, -0.05) is 12.7 Å². The lowest BCUT2D eigenvalue weighted by atomic mass is 10.0. The number of ether oxygens (including phenoxy) is 1. The van der Waals surface area contributed by atoms with Crippen molar-refractivity contribution in [1.82, 2.24) is 0 Å². The summed E-state index contributed by atoms with van der Waals surface area (Å²) in [6, 6.07) is 0. The molecule has 1 aliphatic rings. The second-order valence-corrected chi connectivity index (χ2v) is 4.04. The molecule has 1 aromatic heterocycles. The average Bonchev–Trinajstić information content (AvgIpc) is 2.60. The van der Waals surface area contributed by atoms with Crippen molar-refractivity contribution in [2.75, 3.05) is 13.2 Å². The zero-order chi connectivity index (χ0) is 9.26. The SMILES string of the molecule is C=Cc1csc2c1C(CN)OCC2. The van der Waals surface area contributed by atoms with Gasteiger partial charge in [0.05, 0.1) is 12.7 Å². The van der Waals surface area contributed by atoms with Gasteiger partial charge in [0, 0.05) is 23.4 Å². The summed E-state index contributed by atoms with van der Waals surface area (Å²) in [5.41, 5.74) is 8.11. The Balaban J connectivity index is 2.44. The molecule has 0 amide bonds. The molecule has 0 saturated carbocycles. The highest BCUT2D eigenvalue weighted by atomic mass is 32.1. The molecule has 0 saturated heterocycles. The Hall–Kier alpha value is -0.640. The van der Waals surface area contributed by atoms with E-state index in [4.69, 9.17) is 10.5 Å². The fraction of sp³-hybridized carbons (Fsp3) is 0.400. The quantitative estimate of drug-likeness (QED) is 0.783. The standard InChI is InChI=1S/C10H13NOS/c1-2-7-6-13-9-3-4-12-8(5-11)10(7)9/h2,6,8H,1,3-5,11H2. The van der Waals surface area contributed by atoms with Gasteiger partial charge in [-0.25, -0.2) is 0 Å².